The van der Waals surface area contributed by atoms with Crippen molar-refractivity contribution in [1.82, 2.24) is 9.80 Å². The van der Waals surface area contributed by atoms with Crippen LogP contribution in [0.1, 0.15) is 11.1 Å². The number of rotatable bonds is 7. The van der Waals surface area contributed by atoms with Crippen LogP contribution in [0.2, 0.25) is 0 Å². The van der Waals surface area contributed by atoms with E-state index in [2.05, 4.69) is 34.1 Å². The van der Waals surface area contributed by atoms with Crippen molar-refractivity contribution in [3.63, 3.8) is 0 Å². The molecule has 140 valence electrons. The van der Waals surface area contributed by atoms with Gasteiger partial charge < -0.3 is 14.2 Å². The summed E-state index contributed by atoms with van der Waals surface area (Å²) < 4.78 is 16.2. The molecule has 1 aliphatic rings. The number of ether oxygens (including phenoxy) is 3. The quantitative estimate of drug-likeness (QED) is 0.762. The van der Waals surface area contributed by atoms with Crippen molar-refractivity contribution in [1.29, 1.82) is 0 Å². The number of piperazine rings is 1. The van der Waals surface area contributed by atoms with Gasteiger partial charge >= 0.3 is 0 Å². The normalized spacial score (nSPS) is 15.7. The lowest BCUT2D eigenvalue weighted by atomic mass is 10.1. The minimum Gasteiger partial charge on any atom is -0.497 e. The van der Waals surface area contributed by atoms with E-state index < -0.39 is 0 Å². The maximum Gasteiger partial charge on any atom is 0.123 e. The van der Waals surface area contributed by atoms with Gasteiger partial charge in [0.05, 0.1) is 21.3 Å². The summed E-state index contributed by atoms with van der Waals surface area (Å²) in [6.07, 6.45) is 0. The van der Waals surface area contributed by atoms with Crippen LogP contribution in [0.4, 0.5) is 0 Å². The fourth-order valence-electron chi connectivity index (χ4n) is 3.40. The third-order valence-electron chi connectivity index (χ3n) is 4.87. The van der Waals surface area contributed by atoms with E-state index in [0.29, 0.717) is 0 Å². The van der Waals surface area contributed by atoms with Gasteiger partial charge in [-0.15, -0.1) is 0 Å². The summed E-state index contributed by atoms with van der Waals surface area (Å²) in [5.74, 6) is 2.65. The molecule has 0 bridgehead atoms. The van der Waals surface area contributed by atoms with Gasteiger partial charge in [0.1, 0.15) is 17.2 Å². The zero-order valence-electron chi connectivity index (χ0n) is 15.9. The highest BCUT2D eigenvalue weighted by Gasteiger charge is 2.18. The first-order chi connectivity index (χ1) is 12.7. The average molecular weight is 356 g/mol. The first-order valence-electron chi connectivity index (χ1n) is 9.00. The summed E-state index contributed by atoms with van der Waals surface area (Å²) >= 11 is 0. The van der Waals surface area contributed by atoms with E-state index in [0.717, 1.165) is 56.5 Å². The highest BCUT2D eigenvalue weighted by Crippen LogP contribution is 2.24. The summed E-state index contributed by atoms with van der Waals surface area (Å²) in [6, 6.07) is 14.4. The fourth-order valence-corrected chi connectivity index (χ4v) is 3.40. The lowest BCUT2D eigenvalue weighted by molar-refractivity contribution is 0.121. The summed E-state index contributed by atoms with van der Waals surface area (Å²) in [4.78, 5) is 4.97. The second-order valence-corrected chi connectivity index (χ2v) is 6.59. The van der Waals surface area contributed by atoms with Crippen LogP contribution in [-0.4, -0.2) is 57.3 Å². The molecule has 5 nitrogen and oxygen atoms in total. The van der Waals surface area contributed by atoms with Crippen LogP contribution < -0.4 is 14.2 Å². The van der Waals surface area contributed by atoms with Crippen LogP contribution >= 0.6 is 0 Å². The molecule has 26 heavy (non-hydrogen) atoms. The maximum atomic E-state index is 5.47. The fraction of sp³-hybridized carbons (Fsp3) is 0.429. The van der Waals surface area contributed by atoms with E-state index in [4.69, 9.17) is 14.2 Å². The molecule has 0 atom stereocenters. The van der Waals surface area contributed by atoms with Crippen LogP contribution in [-0.2, 0) is 13.1 Å². The molecule has 0 saturated carbocycles. The van der Waals surface area contributed by atoms with Gasteiger partial charge in [0, 0.05) is 50.9 Å². The van der Waals surface area contributed by atoms with Crippen molar-refractivity contribution >= 4 is 0 Å². The Balaban J connectivity index is 1.55. The molecule has 5 heteroatoms. The Kier molecular flexibility index (Phi) is 6.36. The van der Waals surface area contributed by atoms with Gasteiger partial charge in [-0.05, 0) is 23.8 Å². The van der Waals surface area contributed by atoms with Crippen molar-refractivity contribution in [2.75, 3.05) is 47.5 Å². The van der Waals surface area contributed by atoms with Gasteiger partial charge in [-0.1, -0.05) is 18.2 Å². The van der Waals surface area contributed by atoms with E-state index >= 15 is 0 Å². The minimum atomic E-state index is 0.842. The monoisotopic (exact) mass is 356 g/mol. The number of methoxy groups -OCH3 is 3. The second kappa shape index (κ2) is 8.92. The Morgan fingerprint density at radius 3 is 1.88 bits per heavy atom. The van der Waals surface area contributed by atoms with Crippen molar-refractivity contribution in [3.8, 4) is 17.2 Å². The van der Waals surface area contributed by atoms with E-state index in [1.165, 1.54) is 11.1 Å². The van der Waals surface area contributed by atoms with Crippen LogP contribution in [0.3, 0.4) is 0 Å². The Labute approximate surface area is 156 Å². The highest BCUT2D eigenvalue weighted by molar-refractivity contribution is 5.38. The summed E-state index contributed by atoms with van der Waals surface area (Å²) in [5.41, 5.74) is 2.47. The predicted octanol–water partition coefficient (Wildman–Crippen LogP) is 3.03. The van der Waals surface area contributed by atoms with Crippen molar-refractivity contribution in [2.45, 2.75) is 13.1 Å². The second-order valence-electron chi connectivity index (χ2n) is 6.59. The van der Waals surface area contributed by atoms with Crippen LogP contribution in [0, 0.1) is 0 Å². The number of benzene rings is 2. The van der Waals surface area contributed by atoms with Crippen molar-refractivity contribution in [2.24, 2.45) is 0 Å². The predicted molar refractivity (Wildman–Crippen MR) is 103 cm³/mol. The Bertz CT molecular complexity index is 690. The van der Waals surface area contributed by atoms with E-state index in [1.807, 2.05) is 18.2 Å². The van der Waals surface area contributed by atoms with E-state index in [9.17, 15) is 0 Å². The van der Waals surface area contributed by atoms with E-state index in [1.54, 1.807) is 21.3 Å². The molecule has 3 rings (SSSR count). The van der Waals surface area contributed by atoms with E-state index in [-0.39, 0.29) is 0 Å². The number of nitrogens with zero attached hydrogens (tertiary/aromatic N) is 2. The molecule has 0 spiro atoms. The first-order valence-corrected chi connectivity index (χ1v) is 9.00. The summed E-state index contributed by atoms with van der Waals surface area (Å²) in [7, 11) is 5.11. The molecule has 2 aromatic rings. The molecule has 0 amide bonds. The molecule has 1 aliphatic heterocycles. The first kappa shape index (κ1) is 18.5. The Morgan fingerprint density at radius 2 is 1.31 bits per heavy atom. The van der Waals surface area contributed by atoms with Crippen molar-refractivity contribution in [3.05, 3.63) is 53.6 Å². The standard InChI is InChI=1S/C21H28N2O3/c1-24-19-12-17(13-20(14-19)25-2)15-22-8-10-23(11-9-22)16-18-6-4-5-7-21(18)26-3/h4-7,12-14H,8-11,15-16H2,1-3H3. The number of hydrogen-bond donors (Lipinski definition) is 0. The molecule has 0 aliphatic carbocycles. The Morgan fingerprint density at radius 1 is 0.731 bits per heavy atom. The van der Waals surface area contributed by atoms with Gasteiger partial charge in [0.15, 0.2) is 0 Å². The number of hydrogen-bond acceptors (Lipinski definition) is 5. The lowest BCUT2D eigenvalue weighted by Gasteiger charge is -2.35. The van der Waals surface area contributed by atoms with Gasteiger partial charge in [0.2, 0.25) is 0 Å². The molecular weight excluding hydrogens is 328 g/mol. The SMILES string of the molecule is COc1cc(CN2CCN(Cc3ccccc3OC)CC2)cc(OC)c1. The van der Waals surface area contributed by atoms with Gasteiger partial charge in [-0.3, -0.25) is 9.80 Å². The van der Waals surface area contributed by atoms with Crippen LogP contribution in [0.5, 0.6) is 17.2 Å². The average Bonchev–Trinajstić information content (AvgIpc) is 2.69. The third-order valence-corrected chi connectivity index (χ3v) is 4.87. The molecule has 0 unspecified atom stereocenters. The van der Waals surface area contributed by atoms with Crippen LogP contribution in [0.15, 0.2) is 42.5 Å². The molecule has 1 saturated heterocycles. The van der Waals surface area contributed by atoms with Crippen LogP contribution in [0.25, 0.3) is 0 Å². The zero-order chi connectivity index (χ0) is 18.4. The van der Waals surface area contributed by atoms with Gasteiger partial charge in [0.25, 0.3) is 0 Å². The third kappa shape index (κ3) is 4.68. The Hall–Kier alpha value is -2.24. The molecule has 2 aromatic carbocycles. The largest absolute Gasteiger partial charge is 0.497 e. The maximum absolute atomic E-state index is 5.47. The lowest BCUT2D eigenvalue weighted by Crippen LogP contribution is -2.45. The topological polar surface area (TPSA) is 34.2 Å². The molecule has 1 fully saturated rings. The molecule has 1 heterocycles. The molecular formula is C21H28N2O3. The number of para-hydroxylation sites is 1. The highest BCUT2D eigenvalue weighted by atomic mass is 16.5. The minimum absolute atomic E-state index is 0.842. The zero-order valence-corrected chi connectivity index (χ0v) is 15.9. The van der Waals surface area contributed by atoms with Crippen molar-refractivity contribution < 1.29 is 14.2 Å². The molecule has 0 aromatic heterocycles. The molecule has 0 N–H and O–H groups in total. The van der Waals surface area contributed by atoms with Gasteiger partial charge in [-0.25, -0.2) is 0 Å². The summed E-state index contributed by atoms with van der Waals surface area (Å²) in [6.45, 7) is 6.06. The smallest absolute Gasteiger partial charge is 0.123 e. The molecule has 0 radical (unpaired) electrons. The summed E-state index contributed by atoms with van der Waals surface area (Å²) in [5, 5.41) is 0. The van der Waals surface area contributed by atoms with Gasteiger partial charge in [-0.2, -0.15) is 0 Å².